The third-order valence-electron chi connectivity index (χ3n) is 2.89. The topological polar surface area (TPSA) is 50.9 Å². The molecule has 2 aromatic rings. The largest absolute Gasteiger partial charge is 0.389 e. The second-order valence-electron chi connectivity index (χ2n) is 4.45. The molecule has 2 rings (SSSR count). The fraction of sp³-hybridized carbons (Fsp3) is 0.200. The van der Waals surface area contributed by atoms with E-state index >= 15 is 0 Å². The Morgan fingerprint density at radius 2 is 2.21 bits per heavy atom. The Labute approximate surface area is 118 Å². The Kier molecular flexibility index (Phi) is 4.47. The van der Waals surface area contributed by atoms with Gasteiger partial charge in [0, 0.05) is 30.2 Å². The number of aryl methyl sites for hydroxylation is 1. The third kappa shape index (κ3) is 3.76. The Hall–Kier alpha value is -1.94. The molecule has 19 heavy (non-hydrogen) atoms. The molecular formula is C15H17N3S. The number of thiocarbonyl (C=S) groups is 1. The van der Waals surface area contributed by atoms with Crippen LogP contribution in [0.15, 0.2) is 42.7 Å². The van der Waals surface area contributed by atoms with Gasteiger partial charge in [0.25, 0.3) is 0 Å². The molecule has 0 fully saturated rings. The fourth-order valence-electron chi connectivity index (χ4n) is 1.91. The van der Waals surface area contributed by atoms with E-state index in [1.54, 1.807) is 6.20 Å². The van der Waals surface area contributed by atoms with Crippen molar-refractivity contribution in [1.29, 1.82) is 0 Å². The number of nitrogens with zero attached hydrogens (tertiary/aromatic N) is 1. The maximum atomic E-state index is 5.73. The van der Waals surface area contributed by atoms with E-state index in [1.807, 2.05) is 24.4 Å². The molecule has 0 aliphatic rings. The highest BCUT2D eigenvalue weighted by molar-refractivity contribution is 7.80. The lowest BCUT2D eigenvalue weighted by molar-refractivity contribution is 1.00. The number of hydrogen-bond donors (Lipinski definition) is 2. The first-order valence-electron chi connectivity index (χ1n) is 6.20. The predicted molar refractivity (Wildman–Crippen MR) is 83.5 cm³/mol. The lowest BCUT2D eigenvalue weighted by Crippen LogP contribution is -2.14. The van der Waals surface area contributed by atoms with Gasteiger partial charge in [0.15, 0.2) is 0 Å². The lowest BCUT2D eigenvalue weighted by atomic mass is 10.1. The number of anilines is 1. The molecule has 98 valence electrons. The summed E-state index contributed by atoms with van der Waals surface area (Å²) >= 11 is 5.06. The van der Waals surface area contributed by atoms with E-state index in [2.05, 4.69) is 29.4 Å². The van der Waals surface area contributed by atoms with Gasteiger partial charge in [-0.2, -0.15) is 0 Å². The van der Waals surface area contributed by atoms with Gasteiger partial charge in [0.05, 0.1) is 0 Å². The third-order valence-corrected chi connectivity index (χ3v) is 3.11. The van der Waals surface area contributed by atoms with E-state index in [9.17, 15) is 0 Å². The molecule has 0 radical (unpaired) electrons. The van der Waals surface area contributed by atoms with Crippen molar-refractivity contribution in [2.24, 2.45) is 5.73 Å². The summed E-state index contributed by atoms with van der Waals surface area (Å²) in [5.41, 5.74) is 10.0. The second-order valence-corrected chi connectivity index (χ2v) is 4.89. The molecule has 4 heteroatoms. The molecule has 0 aliphatic heterocycles. The first-order valence-corrected chi connectivity index (χ1v) is 6.61. The highest BCUT2D eigenvalue weighted by Crippen LogP contribution is 2.17. The zero-order chi connectivity index (χ0) is 13.7. The first-order chi connectivity index (χ1) is 9.16. The summed E-state index contributed by atoms with van der Waals surface area (Å²) in [6, 6.07) is 10.1. The van der Waals surface area contributed by atoms with Crippen LogP contribution in [0.5, 0.6) is 0 Å². The second kappa shape index (κ2) is 6.29. The Balaban J connectivity index is 2.03. The molecule has 0 saturated heterocycles. The SMILES string of the molecule is Cc1ccc(C(N)=S)c(NCCc2cccnc2)c1. The van der Waals surface area contributed by atoms with E-state index in [-0.39, 0.29) is 0 Å². The monoisotopic (exact) mass is 271 g/mol. The summed E-state index contributed by atoms with van der Waals surface area (Å²) in [5.74, 6) is 0. The average molecular weight is 271 g/mol. The van der Waals surface area contributed by atoms with E-state index in [0.29, 0.717) is 4.99 Å². The molecule has 0 amide bonds. The normalized spacial score (nSPS) is 10.2. The van der Waals surface area contributed by atoms with Crippen LogP contribution in [-0.2, 0) is 6.42 Å². The minimum Gasteiger partial charge on any atom is -0.389 e. The van der Waals surface area contributed by atoms with Crippen LogP contribution in [-0.4, -0.2) is 16.5 Å². The van der Waals surface area contributed by atoms with Crippen LogP contribution in [0.25, 0.3) is 0 Å². The summed E-state index contributed by atoms with van der Waals surface area (Å²) in [6.45, 7) is 2.88. The van der Waals surface area contributed by atoms with Gasteiger partial charge in [0.1, 0.15) is 4.99 Å². The summed E-state index contributed by atoms with van der Waals surface area (Å²) in [6.07, 6.45) is 4.58. The zero-order valence-electron chi connectivity index (χ0n) is 10.9. The van der Waals surface area contributed by atoms with Crippen molar-refractivity contribution in [2.45, 2.75) is 13.3 Å². The number of nitrogens with one attached hydrogen (secondary N) is 1. The van der Waals surface area contributed by atoms with Crippen molar-refractivity contribution >= 4 is 22.9 Å². The van der Waals surface area contributed by atoms with Crippen molar-refractivity contribution in [2.75, 3.05) is 11.9 Å². The fourth-order valence-corrected chi connectivity index (χ4v) is 2.08. The molecule has 0 atom stereocenters. The maximum Gasteiger partial charge on any atom is 0.106 e. The lowest BCUT2D eigenvalue weighted by Gasteiger charge is -2.12. The van der Waals surface area contributed by atoms with Crippen molar-refractivity contribution in [1.82, 2.24) is 4.98 Å². The predicted octanol–water partition coefficient (Wildman–Crippen LogP) is 2.68. The van der Waals surface area contributed by atoms with Crippen LogP contribution in [0.2, 0.25) is 0 Å². The molecule has 0 spiro atoms. The Morgan fingerprint density at radius 3 is 2.89 bits per heavy atom. The Morgan fingerprint density at radius 1 is 1.37 bits per heavy atom. The van der Waals surface area contributed by atoms with Gasteiger partial charge in [-0.15, -0.1) is 0 Å². The van der Waals surface area contributed by atoms with Crippen molar-refractivity contribution in [3.8, 4) is 0 Å². The summed E-state index contributed by atoms with van der Waals surface area (Å²) in [4.78, 5) is 4.52. The van der Waals surface area contributed by atoms with Crippen LogP contribution >= 0.6 is 12.2 Å². The van der Waals surface area contributed by atoms with E-state index in [4.69, 9.17) is 18.0 Å². The van der Waals surface area contributed by atoms with Gasteiger partial charge in [-0.1, -0.05) is 24.4 Å². The molecule has 3 nitrogen and oxygen atoms in total. The number of nitrogens with two attached hydrogens (primary N) is 1. The van der Waals surface area contributed by atoms with Crippen LogP contribution < -0.4 is 11.1 Å². The number of rotatable bonds is 5. The van der Waals surface area contributed by atoms with E-state index < -0.39 is 0 Å². The summed E-state index contributed by atoms with van der Waals surface area (Å²) in [7, 11) is 0. The number of pyridine rings is 1. The highest BCUT2D eigenvalue weighted by atomic mass is 32.1. The van der Waals surface area contributed by atoms with E-state index in [0.717, 1.165) is 24.2 Å². The molecule has 0 saturated carbocycles. The van der Waals surface area contributed by atoms with Gasteiger partial charge in [-0.3, -0.25) is 4.98 Å². The molecular weight excluding hydrogens is 254 g/mol. The average Bonchev–Trinajstić information content (AvgIpc) is 2.39. The molecule has 0 unspecified atom stereocenters. The number of benzene rings is 1. The number of hydrogen-bond acceptors (Lipinski definition) is 3. The zero-order valence-corrected chi connectivity index (χ0v) is 11.7. The molecule has 0 bridgehead atoms. The van der Waals surface area contributed by atoms with Crippen molar-refractivity contribution < 1.29 is 0 Å². The first kappa shape index (κ1) is 13.5. The minimum absolute atomic E-state index is 0.420. The quantitative estimate of drug-likeness (QED) is 0.821. The van der Waals surface area contributed by atoms with Gasteiger partial charge in [0.2, 0.25) is 0 Å². The van der Waals surface area contributed by atoms with Gasteiger partial charge < -0.3 is 11.1 Å². The Bertz CT molecular complexity index is 567. The van der Waals surface area contributed by atoms with Crippen LogP contribution in [0, 0.1) is 6.92 Å². The van der Waals surface area contributed by atoms with Crippen LogP contribution in [0.3, 0.4) is 0 Å². The van der Waals surface area contributed by atoms with Crippen molar-refractivity contribution in [3.63, 3.8) is 0 Å². The molecule has 0 aliphatic carbocycles. The minimum atomic E-state index is 0.420. The van der Waals surface area contributed by atoms with Gasteiger partial charge in [-0.25, -0.2) is 0 Å². The standard InChI is InChI=1S/C15H17N3S/c1-11-4-5-13(15(16)19)14(9-11)18-8-6-12-3-2-7-17-10-12/h2-5,7,9-10,18H,6,8H2,1H3,(H2,16,19). The van der Waals surface area contributed by atoms with Crippen LogP contribution in [0.4, 0.5) is 5.69 Å². The van der Waals surface area contributed by atoms with Crippen LogP contribution in [0.1, 0.15) is 16.7 Å². The smallest absolute Gasteiger partial charge is 0.106 e. The highest BCUT2D eigenvalue weighted by Gasteiger charge is 2.04. The summed E-state index contributed by atoms with van der Waals surface area (Å²) < 4.78 is 0. The molecule has 1 heterocycles. The maximum absolute atomic E-state index is 5.73. The molecule has 1 aromatic heterocycles. The van der Waals surface area contributed by atoms with E-state index in [1.165, 1.54) is 11.1 Å². The number of aromatic nitrogens is 1. The van der Waals surface area contributed by atoms with Gasteiger partial charge in [-0.05, 0) is 42.7 Å². The van der Waals surface area contributed by atoms with Crippen molar-refractivity contribution in [3.05, 3.63) is 59.4 Å². The molecule has 3 N–H and O–H groups in total. The summed E-state index contributed by atoms with van der Waals surface area (Å²) in [5, 5.41) is 3.39. The molecule has 1 aromatic carbocycles. The van der Waals surface area contributed by atoms with Gasteiger partial charge >= 0.3 is 0 Å².